The van der Waals surface area contributed by atoms with E-state index < -0.39 is 0 Å². The van der Waals surface area contributed by atoms with Gasteiger partial charge in [-0.2, -0.15) is 0 Å². The first-order chi connectivity index (χ1) is 11.5. The minimum Gasteiger partial charge on any atom is -0.492 e. The maximum Gasteiger partial charge on any atom is 0.224 e. The number of rotatable bonds is 7. The van der Waals surface area contributed by atoms with Crippen LogP contribution in [0, 0.1) is 6.92 Å². The molecule has 0 saturated heterocycles. The molecule has 1 amide bonds. The standard InChI is InChI=1S/C20H26N2O2/c1-4-16-8-6-7-14(3)20(16)22-19(23)12-10-15-9-11-18(24-5-2)17(21)13-15/h6-9,11,13H,4-5,10,12,21H2,1-3H3,(H,22,23). The van der Waals surface area contributed by atoms with Gasteiger partial charge in [-0.3, -0.25) is 4.79 Å². The Morgan fingerprint density at radius 2 is 2.00 bits per heavy atom. The molecule has 0 radical (unpaired) electrons. The van der Waals surface area contributed by atoms with Crippen molar-refractivity contribution in [3.05, 3.63) is 53.1 Å². The van der Waals surface area contributed by atoms with Crippen LogP contribution >= 0.6 is 0 Å². The molecule has 0 spiro atoms. The van der Waals surface area contributed by atoms with Gasteiger partial charge in [0.05, 0.1) is 12.3 Å². The van der Waals surface area contributed by atoms with Gasteiger partial charge in [0.25, 0.3) is 0 Å². The summed E-state index contributed by atoms with van der Waals surface area (Å²) in [5, 5.41) is 3.05. The topological polar surface area (TPSA) is 64.3 Å². The monoisotopic (exact) mass is 326 g/mol. The normalized spacial score (nSPS) is 10.5. The molecule has 128 valence electrons. The molecule has 0 bridgehead atoms. The summed E-state index contributed by atoms with van der Waals surface area (Å²) >= 11 is 0. The minimum atomic E-state index is 0.0199. The average Bonchev–Trinajstić information content (AvgIpc) is 2.57. The third-order valence-electron chi connectivity index (χ3n) is 4.02. The second kappa shape index (κ2) is 8.39. The molecule has 0 atom stereocenters. The Labute approximate surface area is 144 Å². The summed E-state index contributed by atoms with van der Waals surface area (Å²) in [7, 11) is 0. The number of anilines is 2. The van der Waals surface area contributed by atoms with Crippen molar-refractivity contribution in [2.24, 2.45) is 0 Å². The number of amides is 1. The van der Waals surface area contributed by atoms with Crippen molar-refractivity contribution in [1.29, 1.82) is 0 Å². The largest absolute Gasteiger partial charge is 0.492 e. The lowest BCUT2D eigenvalue weighted by atomic mass is 10.0. The fourth-order valence-electron chi connectivity index (χ4n) is 2.70. The molecule has 2 aromatic rings. The quantitative estimate of drug-likeness (QED) is 0.753. The number of hydrogen-bond donors (Lipinski definition) is 2. The smallest absolute Gasteiger partial charge is 0.224 e. The SMILES string of the molecule is CCOc1ccc(CCC(=O)Nc2c(C)cccc2CC)cc1N. The Kier molecular flexibility index (Phi) is 6.24. The molecule has 2 rings (SSSR count). The fraction of sp³-hybridized carbons (Fsp3) is 0.350. The molecule has 24 heavy (non-hydrogen) atoms. The van der Waals surface area contributed by atoms with Gasteiger partial charge in [-0.25, -0.2) is 0 Å². The van der Waals surface area contributed by atoms with Gasteiger partial charge in [0, 0.05) is 12.1 Å². The molecule has 2 aromatic carbocycles. The number of nitrogens with two attached hydrogens (primary N) is 1. The van der Waals surface area contributed by atoms with Gasteiger partial charge in [0.1, 0.15) is 5.75 Å². The van der Waals surface area contributed by atoms with E-state index in [1.807, 2.05) is 44.2 Å². The van der Waals surface area contributed by atoms with Gasteiger partial charge >= 0.3 is 0 Å². The number of aryl methyl sites for hydroxylation is 3. The van der Waals surface area contributed by atoms with Crippen LogP contribution < -0.4 is 15.8 Å². The van der Waals surface area contributed by atoms with Crippen molar-refractivity contribution in [2.75, 3.05) is 17.7 Å². The first-order valence-electron chi connectivity index (χ1n) is 8.44. The second-order valence-corrected chi connectivity index (χ2v) is 5.82. The molecule has 4 nitrogen and oxygen atoms in total. The van der Waals surface area contributed by atoms with Gasteiger partial charge in [0.15, 0.2) is 0 Å². The first kappa shape index (κ1) is 17.9. The number of hydrogen-bond acceptors (Lipinski definition) is 3. The number of carbonyl (C=O) groups excluding carboxylic acids is 1. The van der Waals surface area contributed by atoms with Crippen molar-refractivity contribution in [3.63, 3.8) is 0 Å². The van der Waals surface area contributed by atoms with E-state index in [1.165, 1.54) is 0 Å². The summed E-state index contributed by atoms with van der Waals surface area (Å²) in [6.07, 6.45) is 1.97. The van der Waals surface area contributed by atoms with Gasteiger partial charge in [-0.1, -0.05) is 31.2 Å². The molecule has 0 saturated carbocycles. The summed E-state index contributed by atoms with van der Waals surface area (Å²) < 4.78 is 5.43. The zero-order valence-corrected chi connectivity index (χ0v) is 14.7. The molecule has 3 N–H and O–H groups in total. The molecule has 4 heteroatoms. The third-order valence-corrected chi connectivity index (χ3v) is 4.02. The van der Waals surface area contributed by atoms with Crippen molar-refractivity contribution < 1.29 is 9.53 Å². The van der Waals surface area contributed by atoms with Crippen molar-refractivity contribution >= 4 is 17.3 Å². The van der Waals surface area contributed by atoms with Gasteiger partial charge < -0.3 is 15.8 Å². The Bertz CT molecular complexity index is 711. The highest BCUT2D eigenvalue weighted by molar-refractivity contribution is 5.92. The van der Waals surface area contributed by atoms with Crippen LogP contribution in [0.1, 0.15) is 37.0 Å². The number of ether oxygens (including phenoxy) is 1. The van der Waals surface area contributed by atoms with E-state index in [0.29, 0.717) is 30.9 Å². The summed E-state index contributed by atoms with van der Waals surface area (Å²) in [6, 6.07) is 11.8. The van der Waals surface area contributed by atoms with E-state index in [4.69, 9.17) is 10.5 Å². The number of nitrogen functional groups attached to an aromatic ring is 1. The molecular formula is C20H26N2O2. The van der Waals surface area contributed by atoms with E-state index >= 15 is 0 Å². The van der Waals surface area contributed by atoms with Crippen LogP contribution in [0.4, 0.5) is 11.4 Å². The van der Waals surface area contributed by atoms with E-state index in [-0.39, 0.29) is 5.91 Å². The van der Waals surface area contributed by atoms with Crippen LogP contribution in [0.2, 0.25) is 0 Å². The Balaban J connectivity index is 1.98. The highest BCUT2D eigenvalue weighted by Crippen LogP contribution is 2.24. The predicted molar refractivity (Wildman–Crippen MR) is 99.5 cm³/mol. The maximum atomic E-state index is 12.3. The number of carbonyl (C=O) groups is 1. The third kappa shape index (κ3) is 4.51. The Morgan fingerprint density at radius 3 is 2.67 bits per heavy atom. The molecule has 0 aromatic heterocycles. The zero-order valence-electron chi connectivity index (χ0n) is 14.7. The predicted octanol–water partition coefficient (Wildman–Crippen LogP) is 4.11. The highest BCUT2D eigenvalue weighted by Gasteiger charge is 2.09. The van der Waals surface area contributed by atoms with E-state index in [2.05, 4.69) is 18.3 Å². The first-order valence-corrected chi connectivity index (χ1v) is 8.44. The van der Waals surface area contributed by atoms with Gasteiger partial charge in [-0.05, 0) is 55.5 Å². The van der Waals surface area contributed by atoms with Crippen LogP contribution in [0.25, 0.3) is 0 Å². The summed E-state index contributed by atoms with van der Waals surface area (Å²) in [5.74, 6) is 0.713. The lowest BCUT2D eigenvalue weighted by molar-refractivity contribution is -0.116. The summed E-state index contributed by atoms with van der Waals surface area (Å²) in [5.41, 5.74) is 10.8. The Morgan fingerprint density at radius 1 is 1.21 bits per heavy atom. The fourth-order valence-corrected chi connectivity index (χ4v) is 2.70. The van der Waals surface area contributed by atoms with Crippen LogP contribution in [0.3, 0.4) is 0 Å². The molecular weight excluding hydrogens is 300 g/mol. The van der Waals surface area contributed by atoms with E-state index in [0.717, 1.165) is 28.8 Å². The lowest BCUT2D eigenvalue weighted by Gasteiger charge is -2.13. The van der Waals surface area contributed by atoms with Crippen molar-refractivity contribution in [3.8, 4) is 5.75 Å². The molecule has 0 fully saturated rings. The highest BCUT2D eigenvalue weighted by atomic mass is 16.5. The number of nitrogens with one attached hydrogen (secondary N) is 1. The van der Waals surface area contributed by atoms with Crippen LogP contribution in [-0.2, 0) is 17.6 Å². The van der Waals surface area contributed by atoms with Gasteiger partial charge in [0.2, 0.25) is 5.91 Å². The average molecular weight is 326 g/mol. The molecule has 0 aliphatic carbocycles. The summed E-state index contributed by atoms with van der Waals surface area (Å²) in [6.45, 7) is 6.62. The molecule has 0 heterocycles. The molecule has 0 aliphatic heterocycles. The van der Waals surface area contributed by atoms with Crippen LogP contribution in [0.5, 0.6) is 5.75 Å². The maximum absolute atomic E-state index is 12.3. The zero-order chi connectivity index (χ0) is 17.5. The van der Waals surface area contributed by atoms with Crippen molar-refractivity contribution in [2.45, 2.75) is 40.0 Å². The van der Waals surface area contributed by atoms with Crippen LogP contribution in [-0.4, -0.2) is 12.5 Å². The molecule has 0 unspecified atom stereocenters. The van der Waals surface area contributed by atoms with E-state index in [1.54, 1.807) is 0 Å². The second-order valence-electron chi connectivity index (χ2n) is 5.82. The number of benzene rings is 2. The van der Waals surface area contributed by atoms with E-state index in [9.17, 15) is 4.79 Å². The molecule has 0 aliphatic rings. The van der Waals surface area contributed by atoms with Crippen molar-refractivity contribution in [1.82, 2.24) is 0 Å². The minimum absolute atomic E-state index is 0.0199. The Hall–Kier alpha value is -2.49. The van der Waals surface area contributed by atoms with Crippen LogP contribution in [0.15, 0.2) is 36.4 Å². The summed E-state index contributed by atoms with van der Waals surface area (Å²) in [4.78, 5) is 12.3. The van der Waals surface area contributed by atoms with Gasteiger partial charge in [-0.15, -0.1) is 0 Å². The lowest BCUT2D eigenvalue weighted by Crippen LogP contribution is -2.14. The number of para-hydroxylation sites is 1.